The van der Waals surface area contributed by atoms with Crippen LogP contribution in [0.1, 0.15) is 20.3 Å². The molecule has 0 aromatic heterocycles. The van der Waals surface area contributed by atoms with Crippen LogP contribution in [0.3, 0.4) is 0 Å². The van der Waals surface area contributed by atoms with Crippen LogP contribution in [0.15, 0.2) is 28.7 Å². The molecule has 5 nitrogen and oxygen atoms in total. The Morgan fingerprint density at radius 1 is 1.26 bits per heavy atom. The molecule has 0 aliphatic heterocycles. The van der Waals surface area contributed by atoms with Gasteiger partial charge in [-0.15, -0.1) is 0 Å². The third-order valence-electron chi connectivity index (χ3n) is 2.53. The number of carbonyl (C=O) groups excluding carboxylic acids is 2. The fourth-order valence-electron chi connectivity index (χ4n) is 1.30. The second-order valence-electron chi connectivity index (χ2n) is 4.19. The molecule has 3 N–H and O–H groups in total. The van der Waals surface area contributed by atoms with Crippen molar-refractivity contribution in [1.82, 2.24) is 10.6 Å². The zero-order valence-corrected chi connectivity index (χ0v) is 12.6. The van der Waals surface area contributed by atoms with Crippen LogP contribution in [-0.2, 0) is 4.79 Å². The molecule has 6 heteroatoms. The molecule has 0 radical (unpaired) electrons. The number of hydrogen-bond acceptors (Lipinski definition) is 2. The third kappa shape index (κ3) is 6.24. The average Bonchev–Trinajstić information content (AvgIpc) is 2.39. The lowest BCUT2D eigenvalue weighted by Crippen LogP contribution is -2.41. The van der Waals surface area contributed by atoms with Crippen LogP contribution in [0.5, 0.6) is 0 Å². The van der Waals surface area contributed by atoms with Crippen molar-refractivity contribution >= 4 is 33.6 Å². The normalized spacial score (nSPS) is 11.5. The number of benzene rings is 1. The lowest BCUT2D eigenvalue weighted by Gasteiger charge is -2.12. The summed E-state index contributed by atoms with van der Waals surface area (Å²) in [6.07, 6.45) is 0.858. The van der Waals surface area contributed by atoms with Gasteiger partial charge in [-0.25, -0.2) is 4.79 Å². The molecule has 0 saturated heterocycles. The maximum atomic E-state index is 11.5. The Balaban J connectivity index is 2.32. The van der Waals surface area contributed by atoms with E-state index in [-0.39, 0.29) is 18.5 Å². The van der Waals surface area contributed by atoms with Crippen LogP contribution in [0, 0.1) is 0 Å². The summed E-state index contributed by atoms with van der Waals surface area (Å²) in [5.41, 5.74) is 0.669. The van der Waals surface area contributed by atoms with E-state index >= 15 is 0 Å². The first-order valence-electron chi connectivity index (χ1n) is 6.11. The highest BCUT2D eigenvalue weighted by atomic mass is 79.9. The molecule has 0 spiro atoms. The number of rotatable bonds is 5. The van der Waals surface area contributed by atoms with Gasteiger partial charge < -0.3 is 16.0 Å². The van der Waals surface area contributed by atoms with E-state index in [9.17, 15) is 9.59 Å². The first-order chi connectivity index (χ1) is 9.01. The number of halogens is 1. The van der Waals surface area contributed by atoms with Crippen molar-refractivity contribution in [2.24, 2.45) is 0 Å². The Bertz CT molecular complexity index is 434. The summed E-state index contributed by atoms with van der Waals surface area (Å²) in [6, 6.07) is 6.90. The van der Waals surface area contributed by atoms with E-state index in [0.717, 1.165) is 10.9 Å². The Labute approximate surface area is 121 Å². The molecule has 1 rings (SSSR count). The van der Waals surface area contributed by atoms with E-state index in [2.05, 4.69) is 31.9 Å². The molecule has 3 amide bonds. The maximum absolute atomic E-state index is 11.5. The van der Waals surface area contributed by atoms with Gasteiger partial charge >= 0.3 is 6.03 Å². The monoisotopic (exact) mass is 327 g/mol. The second-order valence-corrected chi connectivity index (χ2v) is 5.11. The van der Waals surface area contributed by atoms with E-state index in [0.29, 0.717) is 5.69 Å². The standard InChI is InChI=1S/C13H18BrN3O2/c1-3-9(2)16-12(18)8-15-13(19)17-11-6-4-10(14)5-7-11/h4-7,9H,3,8H2,1-2H3,(H,16,18)(H2,15,17,19)/t9-/m1/s1. The first-order valence-corrected chi connectivity index (χ1v) is 6.90. The fraction of sp³-hybridized carbons (Fsp3) is 0.385. The number of carbonyl (C=O) groups is 2. The zero-order valence-electron chi connectivity index (χ0n) is 11.0. The van der Waals surface area contributed by atoms with Crippen molar-refractivity contribution in [1.29, 1.82) is 0 Å². The molecule has 0 unspecified atom stereocenters. The summed E-state index contributed by atoms with van der Waals surface area (Å²) < 4.78 is 0.936. The van der Waals surface area contributed by atoms with Gasteiger partial charge in [0.25, 0.3) is 0 Å². The molecule has 0 aliphatic rings. The van der Waals surface area contributed by atoms with Gasteiger partial charge in [0.15, 0.2) is 0 Å². The maximum Gasteiger partial charge on any atom is 0.319 e. The van der Waals surface area contributed by atoms with E-state index in [1.807, 2.05) is 26.0 Å². The largest absolute Gasteiger partial charge is 0.352 e. The molecule has 0 bridgehead atoms. The Morgan fingerprint density at radius 2 is 1.89 bits per heavy atom. The number of amides is 3. The van der Waals surface area contributed by atoms with Gasteiger partial charge in [0.2, 0.25) is 5.91 Å². The minimum atomic E-state index is -0.401. The van der Waals surface area contributed by atoms with Crippen LogP contribution < -0.4 is 16.0 Å². The highest BCUT2D eigenvalue weighted by Gasteiger charge is 2.07. The van der Waals surface area contributed by atoms with E-state index in [1.54, 1.807) is 12.1 Å². The Hall–Kier alpha value is -1.56. The van der Waals surface area contributed by atoms with Crippen molar-refractivity contribution < 1.29 is 9.59 Å². The molecule has 0 aliphatic carbocycles. The van der Waals surface area contributed by atoms with Crippen molar-refractivity contribution in [2.45, 2.75) is 26.3 Å². The highest BCUT2D eigenvalue weighted by Crippen LogP contribution is 2.13. The molecular weight excluding hydrogens is 310 g/mol. The summed E-state index contributed by atoms with van der Waals surface area (Å²) in [5.74, 6) is -0.194. The van der Waals surface area contributed by atoms with E-state index < -0.39 is 6.03 Å². The number of anilines is 1. The van der Waals surface area contributed by atoms with Gasteiger partial charge in [0, 0.05) is 16.2 Å². The zero-order chi connectivity index (χ0) is 14.3. The number of hydrogen-bond donors (Lipinski definition) is 3. The van der Waals surface area contributed by atoms with Crippen LogP contribution >= 0.6 is 15.9 Å². The van der Waals surface area contributed by atoms with Crippen LogP contribution in [-0.4, -0.2) is 24.5 Å². The number of nitrogens with one attached hydrogen (secondary N) is 3. The van der Waals surface area contributed by atoms with Crippen LogP contribution in [0.25, 0.3) is 0 Å². The molecular formula is C13H18BrN3O2. The fourth-order valence-corrected chi connectivity index (χ4v) is 1.56. The summed E-state index contributed by atoms with van der Waals surface area (Å²) in [5, 5.41) is 7.91. The quantitative estimate of drug-likeness (QED) is 0.777. The van der Waals surface area contributed by atoms with Gasteiger partial charge in [-0.2, -0.15) is 0 Å². The van der Waals surface area contributed by atoms with E-state index in [4.69, 9.17) is 0 Å². The Morgan fingerprint density at radius 3 is 2.47 bits per heavy atom. The first kappa shape index (κ1) is 15.5. The molecule has 1 aromatic rings. The summed E-state index contributed by atoms with van der Waals surface area (Å²) in [6.45, 7) is 3.87. The minimum absolute atomic E-state index is 0.0350. The molecule has 0 saturated carbocycles. The molecule has 1 aromatic carbocycles. The van der Waals surface area contributed by atoms with Crippen molar-refractivity contribution in [2.75, 3.05) is 11.9 Å². The van der Waals surface area contributed by atoms with Gasteiger partial charge in [0.05, 0.1) is 6.54 Å². The lowest BCUT2D eigenvalue weighted by molar-refractivity contribution is -0.120. The molecule has 0 fully saturated rings. The minimum Gasteiger partial charge on any atom is -0.352 e. The third-order valence-corrected chi connectivity index (χ3v) is 3.06. The average molecular weight is 328 g/mol. The summed E-state index contributed by atoms with van der Waals surface area (Å²) in [7, 11) is 0. The smallest absolute Gasteiger partial charge is 0.319 e. The van der Waals surface area contributed by atoms with Gasteiger partial charge in [0.1, 0.15) is 0 Å². The van der Waals surface area contributed by atoms with Gasteiger partial charge in [-0.3, -0.25) is 4.79 Å². The molecule has 104 valence electrons. The number of urea groups is 1. The predicted octanol–water partition coefficient (Wildman–Crippen LogP) is 2.49. The topological polar surface area (TPSA) is 70.2 Å². The highest BCUT2D eigenvalue weighted by molar-refractivity contribution is 9.10. The van der Waals surface area contributed by atoms with Gasteiger partial charge in [-0.05, 0) is 37.6 Å². The second kappa shape index (κ2) is 7.78. The van der Waals surface area contributed by atoms with Crippen molar-refractivity contribution in [3.63, 3.8) is 0 Å². The molecule has 1 atom stereocenters. The summed E-state index contributed by atoms with van der Waals surface area (Å²) >= 11 is 3.31. The van der Waals surface area contributed by atoms with E-state index in [1.165, 1.54) is 0 Å². The molecule has 19 heavy (non-hydrogen) atoms. The van der Waals surface area contributed by atoms with Crippen LogP contribution in [0.2, 0.25) is 0 Å². The van der Waals surface area contributed by atoms with Gasteiger partial charge in [-0.1, -0.05) is 22.9 Å². The van der Waals surface area contributed by atoms with Crippen LogP contribution in [0.4, 0.5) is 10.5 Å². The van der Waals surface area contributed by atoms with Crippen molar-refractivity contribution in [3.8, 4) is 0 Å². The Kier molecular flexibility index (Phi) is 6.35. The lowest BCUT2D eigenvalue weighted by atomic mass is 10.2. The predicted molar refractivity (Wildman–Crippen MR) is 79.1 cm³/mol. The summed E-state index contributed by atoms with van der Waals surface area (Å²) in [4.78, 5) is 23.0. The molecule has 0 heterocycles. The van der Waals surface area contributed by atoms with Crippen molar-refractivity contribution in [3.05, 3.63) is 28.7 Å². The SMILES string of the molecule is CC[C@@H](C)NC(=O)CNC(=O)Nc1ccc(Br)cc1.